The van der Waals surface area contributed by atoms with Crippen LogP contribution in [-0.4, -0.2) is 41.0 Å². The summed E-state index contributed by atoms with van der Waals surface area (Å²) in [5, 5.41) is 3.50. The standard InChI is InChI=1S/C20H24N4.2ClH/c1-8-22-19(23-9-1)16-2-4-17-15(12-16)3-5-18(17)24-13-20(14-24)6-10-21-11-7-20;;/h1-2,4,8-9,12,18,21H,3,5-7,10-11,13-14H2;2*1H/t18-;;/m1../s1. The summed E-state index contributed by atoms with van der Waals surface area (Å²) in [5.74, 6) is 0.835. The first-order valence-corrected chi connectivity index (χ1v) is 9.18. The zero-order valence-electron chi connectivity index (χ0n) is 14.9. The summed E-state index contributed by atoms with van der Waals surface area (Å²) in [6, 6.07) is 9.34. The van der Waals surface area contributed by atoms with E-state index in [1.807, 2.05) is 18.5 Å². The second-order valence-electron chi connectivity index (χ2n) is 7.70. The Kier molecular flexibility index (Phi) is 5.88. The molecule has 6 heteroatoms. The van der Waals surface area contributed by atoms with Crippen molar-refractivity contribution in [1.29, 1.82) is 0 Å². The first-order chi connectivity index (χ1) is 11.8. The van der Waals surface area contributed by atoms with Gasteiger partial charge in [-0.3, -0.25) is 4.90 Å². The highest BCUT2D eigenvalue weighted by atomic mass is 35.5. The number of hydrogen-bond acceptors (Lipinski definition) is 4. The van der Waals surface area contributed by atoms with Gasteiger partial charge in [-0.1, -0.05) is 12.1 Å². The molecule has 140 valence electrons. The van der Waals surface area contributed by atoms with Crippen LogP contribution in [0.2, 0.25) is 0 Å². The summed E-state index contributed by atoms with van der Waals surface area (Å²) in [5.41, 5.74) is 4.80. The molecule has 0 bridgehead atoms. The molecular weight excluding hydrogens is 367 g/mol. The van der Waals surface area contributed by atoms with E-state index >= 15 is 0 Å². The van der Waals surface area contributed by atoms with Gasteiger partial charge in [-0.25, -0.2) is 9.97 Å². The number of fused-ring (bicyclic) bond motifs is 1. The van der Waals surface area contributed by atoms with Gasteiger partial charge in [0.1, 0.15) is 0 Å². The molecule has 2 fully saturated rings. The molecule has 4 nitrogen and oxygen atoms in total. The van der Waals surface area contributed by atoms with Crippen LogP contribution >= 0.6 is 24.8 Å². The fourth-order valence-electron chi connectivity index (χ4n) is 4.87. The van der Waals surface area contributed by atoms with E-state index < -0.39 is 0 Å². The van der Waals surface area contributed by atoms with Gasteiger partial charge < -0.3 is 5.32 Å². The van der Waals surface area contributed by atoms with Crippen molar-refractivity contribution in [2.45, 2.75) is 31.7 Å². The summed E-state index contributed by atoms with van der Waals surface area (Å²) >= 11 is 0. The number of nitrogens with one attached hydrogen (secondary N) is 1. The van der Waals surface area contributed by atoms with Crippen molar-refractivity contribution in [3.63, 3.8) is 0 Å². The average Bonchev–Trinajstić information content (AvgIpc) is 3.04. The first kappa shape index (κ1) is 19.6. The van der Waals surface area contributed by atoms with Crippen molar-refractivity contribution in [2.24, 2.45) is 5.41 Å². The maximum Gasteiger partial charge on any atom is 0.159 e. The number of aromatic nitrogens is 2. The molecule has 1 spiro atoms. The highest BCUT2D eigenvalue weighted by Crippen LogP contribution is 2.47. The number of nitrogens with zero attached hydrogens (tertiary/aromatic N) is 3. The SMILES string of the molecule is Cl.Cl.c1cnc(-c2ccc3c(c2)CC[C@H]3N2CC3(CCNCC3)C2)nc1. The molecule has 3 aliphatic rings. The number of aryl methyl sites for hydroxylation is 1. The maximum absolute atomic E-state index is 4.39. The molecule has 2 aromatic rings. The zero-order valence-corrected chi connectivity index (χ0v) is 16.5. The summed E-state index contributed by atoms with van der Waals surface area (Å²) in [7, 11) is 0. The highest BCUT2D eigenvalue weighted by Gasteiger charge is 2.46. The predicted molar refractivity (Wildman–Crippen MR) is 109 cm³/mol. The van der Waals surface area contributed by atoms with E-state index in [1.54, 1.807) is 5.56 Å². The molecule has 1 aliphatic carbocycles. The Morgan fingerprint density at radius 1 is 1.04 bits per heavy atom. The minimum Gasteiger partial charge on any atom is -0.317 e. The van der Waals surface area contributed by atoms with Crippen molar-refractivity contribution < 1.29 is 0 Å². The number of hydrogen-bond donors (Lipinski definition) is 1. The van der Waals surface area contributed by atoms with Crippen LogP contribution in [-0.2, 0) is 6.42 Å². The third-order valence-electron chi connectivity index (χ3n) is 6.20. The van der Waals surface area contributed by atoms with Gasteiger partial charge in [0.15, 0.2) is 5.82 Å². The van der Waals surface area contributed by atoms with E-state index in [4.69, 9.17) is 0 Å². The molecule has 3 heterocycles. The van der Waals surface area contributed by atoms with E-state index in [-0.39, 0.29) is 24.8 Å². The Bertz CT molecular complexity index is 739. The van der Waals surface area contributed by atoms with Gasteiger partial charge in [0.05, 0.1) is 0 Å². The van der Waals surface area contributed by atoms with Gasteiger partial charge in [-0.2, -0.15) is 0 Å². The predicted octanol–water partition coefficient (Wildman–Crippen LogP) is 3.66. The Balaban J connectivity index is 0.000000980. The molecule has 26 heavy (non-hydrogen) atoms. The summed E-state index contributed by atoms with van der Waals surface area (Å²) in [6.45, 7) is 5.00. The lowest BCUT2D eigenvalue weighted by atomic mass is 9.71. The van der Waals surface area contributed by atoms with Crippen LogP contribution < -0.4 is 5.32 Å². The topological polar surface area (TPSA) is 41.1 Å². The van der Waals surface area contributed by atoms with Gasteiger partial charge in [0.2, 0.25) is 0 Å². The largest absolute Gasteiger partial charge is 0.317 e. The Morgan fingerprint density at radius 3 is 2.50 bits per heavy atom. The van der Waals surface area contributed by atoms with E-state index in [2.05, 4.69) is 38.4 Å². The molecule has 5 rings (SSSR count). The Morgan fingerprint density at radius 2 is 1.77 bits per heavy atom. The fourth-order valence-corrected chi connectivity index (χ4v) is 4.87. The van der Waals surface area contributed by atoms with Gasteiger partial charge >= 0.3 is 0 Å². The second-order valence-corrected chi connectivity index (χ2v) is 7.70. The van der Waals surface area contributed by atoms with Crippen molar-refractivity contribution >= 4 is 24.8 Å². The number of piperidine rings is 1. The summed E-state index contributed by atoms with van der Waals surface area (Å²) < 4.78 is 0. The van der Waals surface area contributed by atoms with Crippen LogP contribution in [0.15, 0.2) is 36.7 Å². The Labute approximate surface area is 167 Å². The minimum absolute atomic E-state index is 0. The normalized spacial score (nSPS) is 23.5. The van der Waals surface area contributed by atoms with Crippen molar-refractivity contribution in [1.82, 2.24) is 20.2 Å². The molecule has 1 aromatic heterocycles. The van der Waals surface area contributed by atoms with E-state index in [1.165, 1.54) is 57.4 Å². The van der Waals surface area contributed by atoms with E-state index in [0.717, 1.165) is 11.4 Å². The Hall–Kier alpha value is -1.20. The molecule has 0 unspecified atom stereocenters. The van der Waals surface area contributed by atoms with Gasteiger partial charge in [0.25, 0.3) is 0 Å². The van der Waals surface area contributed by atoms with Crippen molar-refractivity contribution in [3.8, 4) is 11.4 Å². The molecular formula is C20H26Cl2N4. The van der Waals surface area contributed by atoms with Crippen LogP contribution in [0, 0.1) is 5.41 Å². The van der Waals surface area contributed by atoms with E-state index in [0.29, 0.717) is 11.5 Å². The second kappa shape index (κ2) is 7.81. The molecule has 0 saturated carbocycles. The molecule has 1 aromatic carbocycles. The monoisotopic (exact) mass is 392 g/mol. The number of rotatable bonds is 2. The molecule has 1 atom stereocenters. The summed E-state index contributed by atoms with van der Waals surface area (Å²) in [6.07, 6.45) is 8.79. The van der Waals surface area contributed by atoms with Crippen LogP contribution in [0.3, 0.4) is 0 Å². The minimum atomic E-state index is 0. The molecule has 2 saturated heterocycles. The first-order valence-electron chi connectivity index (χ1n) is 9.18. The molecule has 1 N–H and O–H groups in total. The highest BCUT2D eigenvalue weighted by molar-refractivity contribution is 5.85. The molecule has 2 aliphatic heterocycles. The van der Waals surface area contributed by atoms with Crippen LogP contribution in [0.4, 0.5) is 0 Å². The molecule has 0 amide bonds. The average molecular weight is 393 g/mol. The number of halogens is 2. The lowest BCUT2D eigenvalue weighted by Crippen LogP contribution is -2.60. The summed E-state index contributed by atoms with van der Waals surface area (Å²) in [4.78, 5) is 11.5. The lowest BCUT2D eigenvalue weighted by molar-refractivity contribution is -0.0512. The number of likely N-dealkylation sites (tertiary alicyclic amines) is 1. The molecule has 0 radical (unpaired) electrons. The van der Waals surface area contributed by atoms with Crippen LogP contribution in [0.5, 0.6) is 0 Å². The third kappa shape index (κ3) is 3.36. The fraction of sp³-hybridized carbons (Fsp3) is 0.500. The van der Waals surface area contributed by atoms with Gasteiger partial charge in [-0.05, 0) is 67.4 Å². The zero-order chi connectivity index (χ0) is 16.0. The van der Waals surface area contributed by atoms with Crippen LogP contribution in [0.1, 0.15) is 36.4 Å². The van der Waals surface area contributed by atoms with Gasteiger partial charge in [-0.15, -0.1) is 24.8 Å². The van der Waals surface area contributed by atoms with Crippen LogP contribution in [0.25, 0.3) is 11.4 Å². The lowest BCUT2D eigenvalue weighted by Gasteiger charge is -2.55. The third-order valence-corrected chi connectivity index (χ3v) is 6.20. The van der Waals surface area contributed by atoms with Crippen molar-refractivity contribution in [2.75, 3.05) is 26.2 Å². The smallest absolute Gasteiger partial charge is 0.159 e. The quantitative estimate of drug-likeness (QED) is 0.846. The van der Waals surface area contributed by atoms with E-state index in [9.17, 15) is 0 Å². The van der Waals surface area contributed by atoms with Gasteiger partial charge in [0, 0.05) is 37.1 Å². The maximum atomic E-state index is 4.39. The number of benzene rings is 1. The van der Waals surface area contributed by atoms with Crippen molar-refractivity contribution in [3.05, 3.63) is 47.8 Å².